The van der Waals surface area contributed by atoms with Gasteiger partial charge in [-0.2, -0.15) is 4.98 Å². The van der Waals surface area contributed by atoms with E-state index in [0.717, 1.165) is 58.6 Å². The third-order valence-electron chi connectivity index (χ3n) is 7.91. The molecule has 0 unspecified atom stereocenters. The molecule has 8 nitrogen and oxygen atoms in total. The summed E-state index contributed by atoms with van der Waals surface area (Å²) < 4.78 is 17.2. The molecule has 0 radical (unpaired) electrons. The number of oxime groups is 1. The lowest BCUT2D eigenvalue weighted by Crippen LogP contribution is -2.30. The van der Waals surface area contributed by atoms with Crippen LogP contribution in [0.2, 0.25) is 0 Å². The zero-order valence-electron chi connectivity index (χ0n) is 25.1. The third-order valence-corrected chi connectivity index (χ3v) is 7.91. The van der Waals surface area contributed by atoms with Crippen molar-refractivity contribution in [2.75, 3.05) is 0 Å². The molecular weight excluding hydrogens is 557 g/mol. The Morgan fingerprint density at radius 1 is 1.00 bits per heavy atom. The SMILES string of the molecule is CCCc1c(Cc2ccc(-c3ccccc3/C(C)=N/OC(C)=O)cc2)c(=O)n(Cc2ccc(F)cc2)c2nc(C3CC3)nn12. The number of aryl methyl sites for hydroxylation is 1. The fraction of sp³-hybridized carbons (Fsp3) is 0.286. The summed E-state index contributed by atoms with van der Waals surface area (Å²) in [6.45, 7) is 5.49. The molecule has 6 rings (SSSR count). The molecule has 2 aromatic heterocycles. The van der Waals surface area contributed by atoms with Crippen LogP contribution in [0.4, 0.5) is 4.39 Å². The molecule has 5 aromatic rings. The molecule has 1 saturated carbocycles. The lowest BCUT2D eigenvalue weighted by atomic mass is 9.95. The van der Waals surface area contributed by atoms with Crippen LogP contribution >= 0.6 is 0 Å². The van der Waals surface area contributed by atoms with E-state index in [9.17, 15) is 14.0 Å². The van der Waals surface area contributed by atoms with Crippen molar-refractivity contribution in [3.05, 3.63) is 123 Å². The smallest absolute Gasteiger partial charge is 0.318 e. The second-order valence-electron chi connectivity index (χ2n) is 11.3. The maximum Gasteiger partial charge on any atom is 0.331 e. The summed E-state index contributed by atoms with van der Waals surface area (Å²) in [6.07, 6.45) is 4.09. The number of fused-ring (bicyclic) bond motifs is 1. The zero-order valence-corrected chi connectivity index (χ0v) is 25.1. The van der Waals surface area contributed by atoms with Gasteiger partial charge in [0, 0.05) is 30.4 Å². The molecule has 0 spiro atoms. The number of benzene rings is 3. The number of aromatic nitrogens is 4. The number of nitrogens with zero attached hydrogens (tertiary/aromatic N) is 5. The lowest BCUT2D eigenvalue weighted by Gasteiger charge is -2.16. The van der Waals surface area contributed by atoms with Crippen molar-refractivity contribution >= 4 is 17.5 Å². The van der Waals surface area contributed by atoms with Gasteiger partial charge >= 0.3 is 5.97 Å². The van der Waals surface area contributed by atoms with E-state index in [1.54, 1.807) is 23.6 Å². The predicted molar refractivity (Wildman–Crippen MR) is 167 cm³/mol. The van der Waals surface area contributed by atoms with Crippen LogP contribution in [0, 0.1) is 5.82 Å². The molecule has 0 amide bonds. The van der Waals surface area contributed by atoms with Gasteiger partial charge in [0.05, 0.1) is 18.0 Å². The van der Waals surface area contributed by atoms with Gasteiger partial charge in [-0.3, -0.25) is 9.36 Å². The molecular formula is C35H34FN5O3. The van der Waals surface area contributed by atoms with Crippen LogP contribution < -0.4 is 5.56 Å². The van der Waals surface area contributed by atoms with E-state index in [2.05, 4.69) is 12.1 Å². The van der Waals surface area contributed by atoms with Crippen LogP contribution in [0.3, 0.4) is 0 Å². The molecule has 1 aliphatic carbocycles. The summed E-state index contributed by atoms with van der Waals surface area (Å²) in [7, 11) is 0. The average molecular weight is 592 g/mol. The Balaban J connectivity index is 1.39. The van der Waals surface area contributed by atoms with E-state index in [1.165, 1.54) is 19.1 Å². The van der Waals surface area contributed by atoms with Crippen LogP contribution in [-0.4, -0.2) is 30.8 Å². The fourth-order valence-corrected chi connectivity index (χ4v) is 5.52. The quantitative estimate of drug-likeness (QED) is 0.106. The minimum absolute atomic E-state index is 0.105. The van der Waals surface area contributed by atoms with Gasteiger partial charge in [0.2, 0.25) is 5.78 Å². The van der Waals surface area contributed by atoms with Crippen LogP contribution in [0.25, 0.3) is 16.9 Å². The van der Waals surface area contributed by atoms with Gasteiger partial charge < -0.3 is 4.84 Å². The van der Waals surface area contributed by atoms with E-state index in [0.29, 0.717) is 35.8 Å². The maximum atomic E-state index is 14.2. The van der Waals surface area contributed by atoms with Gasteiger partial charge in [-0.05, 0) is 60.6 Å². The summed E-state index contributed by atoms with van der Waals surface area (Å²) in [6, 6.07) is 22.2. The molecule has 0 N–H and O–H groups in total. The van der Waals surface area contributed by atoms with Crippen molar-refractivity contribution in [2.45, 2.75) is 65.3 Å². The summed E-state index contributed by atoms with van der Waals surface area (Å²) in [5.41, 5.74) is 6.66. The number of carbonyl (C=O) groups is 1. The molecule has 0 saturated heterocycles. The maximum absolute atomic E-state index is 14.2. The Labute approximate surface area is 254 Å². The van der Waals surface area contributed by atoms with E-state index < -0.39 is 5.97 Å². The highest BCUT2D eigenvalue weighted by Crippen LogP contribution is 2.38. The second kappa shape index (κ2) is 12.4. The standard InChI is InChI=1S/C35H34FN5O3/c1-4-7-32-31(20-24-10-14-26(15-11-24)30-9-6-5-8-29(30)22(2)39-44-23(3)42)34(43)40(21-25-12-18-28(36)19-13-25)35-37-33(27-16-17-27)38-41(32)35/h5-6,8-15,18-19,27H,4,7,16-17,20-21H2,1-3H3/b39-22+. The van der Waals surface area contributed by atoms with Gasteiger partial charge in [-0.15, -0.1) is 5.10 Å². The van der Waals surface area contributed by atoms with Crippen LogP contribution in [0.5, 0.6) is 0 Å². The summed E-state index contributed by atoms with van der Waals surface area (Å²) in [5, 5.41) is 8.87. The minimum Gasteiger partial charge on any atom is -0.318 e. The summed E-state index contributed by atoms with van der Waals surface area (Å²) >= 11 is 0. The predicted octanol–water partition coefficient (Wildman–Crippen LogP) is 6.45. The second-order valence-corrected chi connectivity index (χ2v) is 11.3. The molecule has 0 atom stereocenters. The number of hydrogen-bond acceptors (Lipinski definition) is 6. The highest BCUT2D eigenvalue weighted by molar-refractivity contribution is 6.04. The lowest BCUT2D eigenvalue weighted by molar-refractivity contribution is -0.140. The number of carbonyl (C=O) groups excluding carboxylic acids is 1. The van der Waals surface area contributed by atoms with Crippen molar-refractivity contribution in [1.29, 1.82) is 0 Å². The van der Waals surface area contributed by atoms with E-state index in [4.69, 9.17) is 14.9 Å². The first-order chi connectivity index (χ1) is 21.3. The van der Waals surface area contributed by atoms with Gasteiger partial charge in [0.15, 0.2) is 5.82 Å². The number of halogens is 1. The van der Waals surface area contributed by atoms with Gasteiger partial charge in [-0.25, -0.2) is 13.7 Å². The van der Waals surface area contributed by atoms with Crippen molar-refractivity contribution in [2.24, 2.45) is 5.16 Å². The van der Waals surface area contributed by atoms with Crippen molar-refractivity contribution in [3.8, 4) is 11.1 Å². The van der Waals surface area contributed by atoms with E-state index >= 15 is 0 Å². The van der Waals surface area contributed by atoms with E-state index in [1.807, 2.05) is 53.0 Å². The van der Waals surface area contributed by atoms with Crippen molar-refractivity contribution in [3.63, 3.8) is 0 Å². The first kappa shape index (κ1) is 29.2. The Morgan fingerprint density at radius 2 is 1.70 bits per heavy atom. The number of hydrogen-bond donors (Lipinski definition) is 0. The van der Waals surface area contributed by atoms with Gasteiger partial charge in [-0.1, -0.05) is 79.2 Å². The number of rotatable bonds is 10. The largest absolute Gasteiger partial charge is 0.331 e. The Morgan fingerprint density at radius 3 is 2.39 bits per heavy atom. The van der Waals surface area contributed by atoms with Gasteiger partial charge in [0.25, 0.3) is 5.56 Å². The van der Waals surface area contributed by atoms with Crippen molar-refractivity contribution in [1.82, 2.24) is 19.2 Å². The highest BCUT2D eigenvalue weighted by atomic mass is 19.1. The first-order valence-corrected chi connectivity index (χ1v) is 15.0. The molecule has 2 heterocycles. The van der Waals surface area contributed by atoms with Crippen LogP contribution in [0.15, 0.2) is 82.7 Å². The average Bonchev–Trinajstić information content (AvgIpc) is 3.79. The monoisotopic (exact) mass is 591 g/mol. The Hall–Kier alpha value is -4.92. The third kappa shape index (κ3) is 6.08. The normalized spacial score (nSPS) is 13.4. The first-order valence-electron chi connectivity index (χ1n) is 15.0. The van der Waals surface area contributed by atoms with Crippen LogP contribution in [-0.2, 0) is 29.0 Å². The van der Waals surface area contributed by atoms with Crippen LogP contribution in [0.1, 0.15) is 79.7 Å². The zero-order chi connectivity index (χ0) is 30.8. The molecule has 0 bridgehead atoms. The van der Waals surface area contributed by atoms with E-state index in [-0.39, 0.29) is 17.9 Å². The fourth-order valence-electron chi connectivity index (χ4n) is 5.52. The van der Waals surface area contributed by atoms with Gasteiger partial charge in [0.1, 0.15) is 5.82 Å². The molecule has 44 heavy (non-hydrogen) atoms. The molecule has 9 heteroatoms. The minimum atomic E-state index is -0.474. The van der Waals surface area contributed by atoms with Crippen molar-refractivity contribution < 1.29 is 14.0 Å². The Bertz CT molecular complexity index is 1920. The highest BCUT2D eigenvalue weighted by Gasteiger charge is 2.30. The molecule has 1 aliphatic rings. The Kier molecular flexibility index (Phi) is 8.19. The molecule has 0 aliphatic heterocycles. The topological polar surface area (TPSA) is 90.8 Å². The molecule has 1 fully saturated rings. The summed E-state index contributed by atoms with van der Waals surface area (Å²) in [4.78, 5) is 35.2. The molecule has 3 aromatic carbocycles. The molecule has 224 valence electrons. The summed E-state index contributed by atoms with van der Waals surface area (Å²) in [5.74, 6) is 0.855.